The van der Waals surface area contributed by atoms with Crippen molar-refractivity contribution in [2.45, 2.75) is 19.5 Å². The highest BCUT2D eigenvalue weighted by Crippen LogP contribution is 2.34. The number of fused-ring (bicyclic) bond motifs is 1. The van der Waals surface area contributed by atoms with Crippen LogP contribution in [0.15, 0.2) is 48.5 Å². The first kappa shape index (κ1) is 20.4. The number of anilines is 1. The lowest BCUT2D eigenvalue weighted by Crippen LogP contribution is -2.27. The molecular formula is C20H17ClF3N3O3. The second-order valence-corrected chi connectivity index (χ2v) is 7.11. The average Bonchev–Trinajstić information content (AvgIpc) is 3.01. The number of hydrogen-bond acceptors (Lipinski definition) is 5. The third-order valence-electron chi connectivity index (χ3n) is 4.40. The van der Waals surface area contributed by atoms with Gasteiger partial charge in [0.1, 0.15) is 18.2 Å². The summed E-state index contributed by atoms with van der Waals surface area (Å²) in [5.74, 6) is 0.481. The van der Waals surface area contributed by atoms with Crippen LogP contribution in [0, 0.1) is 0 Å². The van der Waals surface area contributed by atoms with E-state index < -0.39 is 6.36 Å². The third kappa shape index (κ3) is 4.63. The molecule has 0 fully saturated rings. The molecule has 4 rings (SSSR count). The van der Waals surface area contributed by atoms with Crippen LogP contribution in [0.2, 0.25) is 5.02 Å². The molecule has 0 aliphatic carbocycles. The average molecular weight is 440 g/mol. The fourth-order valence-corrected chi connectivity index (χ4v) is 3.22. The van der Waals surface area contributed by atoms with Gasteiger partial charge < -0.3 is 19.1 Å². The zero-order valence-corrected chi connectivity index (χ0v) is 16.6. The maximum absolute atomic E-state index is 12.5. The van der Waals surface area contributed by atoms with Crippen LogP contribution in [0.5, 0.6) is 17.5 Å². The van der Waals surface area contributed by atoms with Crippen LogP contribution in [0.1, 0.15) is 11.3 Å². The molecule has 158 valence electrons. The molecule has 1 aliphatic rings. The fourth-order valence-electron chi connectivity index (χ4n) is 3.09. The van der Waals surface area contributed by atoms with Crippen LogP contribution >= 0.6 is 11.6 Å². The summed E-state index contributed by atoms with van der Waals surface area (Å²) in [6.07, 6.45) is -4.79. The smallest absolute Gasteiger partial charge is 0.425 e. The second kappa shape index (κ2) is 8.08. The number of nitrogens with zero attached hydrogens (tertiary/aromatic N) is 3. The molecule has 0 bridgehead atoms. The SMILES string of the molecule is CN1COCc2c1nc(Oc1cccc(OC(F)(F)F)c1)n2Cc1ccc(Cl)cc1. The van der Waals surface area contributed by atoms with Crippen molar-refractivity contribution in [3.05, 3.63) is 64.8 Å². The van der Waals surface area contributed by atoms with Gasteiger partial charge in [-0.25, -0.2) is 0 Å². The van der Waals surface area contributed by atoms with Gasteiger partial charge in [-0.2, -0.15) is 4.98 Å². The van der Waals surface area contributed by atoms with Crippen molar-refractivity contribution in [3.63, 3.8) is 0 Å². The molecule has 0 amide bonds. The van der Waals surface area contributed by atoms with E-state index >= 15 is 0 Å². The molecule has 3 aromatic rings. The summed E-state index contributed by atoms with van der Waals surface area (Å²) in [6.45, 7) is 1.13. The van der Waals surface area contributed by atoms with E-state index in [4.69, 9.17) is 21.1 Å². The zero-order valence-electron chi connectivity index (χ0n) is 15.8. The van der Waals surface area contributed by atoms with Crippen molar-refractivity contribution in [1.82, 2.24) is 9.55 Å². The first-order valence-electron chi connectivity index (χ1n) is 8.95. The first-order valence-corrected chi connectivity index (χ1v) is 9.33. The molecule has 30 heavy (non-hydrogen) atoms. The second-order valence-electron chi connectivity index (χ2n) is 6.68. The lowest BCUT2D eigenvalue weighted by molar-refractivity contribution is -0.274. The topological polar surface area (TPSA) is 48.8 Å². The molecule has 2 aromatic carbocycles. The number of imidazole rings is 1. The maximum atomic E-state index is 12.5. The molecule has 1 aliphatic heterocycles. The Kier molecular flexibility index (Phi) is 5.48. The molecule has 6 nitrogen and oxygen atoms in total. The van der Waals surface area contributed by atoms with Crippen molar-refractivity contribution >= 4 is 17.4 Å². The van der Waals surface area contributed by atoms with Gasteiger partial charge in [-0.1, -0.05) is 29.8 Å². The molecule has 1 aromatic heterocycles. The van der Waals surface area contributed by atoms with Crippen LogP contribution < -0.4 is 14.4 Å². The number of benzene rings is 2. The van der Waals surface area contributed by atoms with E-state index in [1.165, 1.54) is 18.2 Å². The number of alkyl halides is 3. The largest absolute Gasteiger partial charge is 0.573 e. The van der Waals surface area contributed by atoms with Crippen molar-refractivity contribution in [2.75, 3.05) is 18.7 Å². The number of rotatable bonds is 5. The van der Waals surface area contributed by atoms with Crippen LogP contribution in [-0.2, 0) is 17.9 Å². The zero-order chi connectivity index (χ0) is 21.3. The Labute approximate surface area is 175 Å². The van der Waals surface area contributed by atoms with Gasteiger partial charge in [0.15, 0.2) is 5.82 Å². The van der Waals surface area contributed by atoms with E-state index in [0.717, 1.165) is 17.3 Å². The maximum Gasteiger partial charge on any atom is 0.573 e. The van der Waals surface area contributed by atoms with E-state index in [2.05, 4.69) is 9.72 Å². The highest BCUT2D eigenvalue weighted by molar-refractivity contribution is 6.30. The van der Waals surface area contributed by atoms with Gasteiger partial charge in [-0.15, -0.1) is 13.2 Å². The number of hydrogen-bond donors (Lipinski definition) is 0. The summed E-state index contributed by atoms with van der Waals surface area (Å²) in [5, 5.41) is 0.618. The van der Waals surface area contributed by atoms with Crippen LogP contribution in [-0.4, -0.2) is 29.7 Å². The number of halogens is 4. The Bertz CT molecular complexity index is 1040. The summed E-state index contributed by atoms with van der Waals surface area (Å²) in [6, 6.07) is 12.9. The molecular weight excluding hydrogens is 423 g/mol. The standard InChI is InChI=1S/C20H17ClF3N3O3/c1-26-12-28-11-17-18(26)25-19(27(17)10-13-5-7-14(21)8-6-13)29-15-3-2-4-16(9-15)30-20(22,23)24/h2-9H,10-12H2,1H3. The van der Waals surface area contributed by atoms with Gasteiger partial charge in [0, 0.05) is 18.1 Å². The minimum Gasteiger partial charge on any atom is -0.425 e. The lowest BCUT2D eigenvalue weighted by atomic mass is 10.2. The molecule has 0 unspecified atom stereocenters. The van der Waals surface area contributed by atoms with Crippen LogP contribution in [0.25, 0.3) is 0 Å². The molecule has 0 saturated carbocycles. The molecule has 0 spiro atoms. The minimum absolute atomic E-state index is 0.167. The van der Waals surface area contributed by atoms with Gasteiger partial charge in [0.05, 0.1) is 18.8 Å². The highest BCUT2D eigenvalue weighted by Gasteiger charge is 2.31. The van der Waals surface area contributed by atoms with Gasteiger partial charge in [0.2, 0.25) is 0 Å². The first-order chi connectivity index (χ1) is 14.3. The summed E-state index contributed by atoms with van der Waals surface area (Å²) < 4.78 is 54.8. The third-order valence-corrected chi connectivity index (χ3v) is 4.66. The monoisotopic (exact) mass is 439 g/mol. The van der Waals surface area contributed by atoms with Crippen molar-refractivity contribution < 1.29 is 27.4 Å². The summed E-state index contributed by atoms with van der Waals surface area (Å²) >= 11 is 5.96. The van der Waals surface area contributed by atoms with Gasteiger partial charge in [-0.05, 0) is 29.8 Å². The Hall–Kier alpha value is -2.91. The summed E-state index contributed by atoms with van der Waals surface area (Å²) in [4.78, 5) is 6.37. The predicted molar refractivity (Wildman–Crippen MR) is 104 cm³/mol. The molecule has 2 heterocycles. The van der Waals surface area contributed by atoms with Gasteiger partial charge in [0.25, 0.3) is 0 Å². The van der Waals surface area contributed by atoms with E-state index in [1.54, 1.807) is 12.1 Å². The quantitative estimate of drug-likeness (QED) is 0.547. The van der Waals surface area contributed by atoms with E-state index in [-0.39, 0.29) is 17.5 Å². The summed E-state index contributed by atoms with van der Waals surface area (Å²) in [7, 11) is 1.83. The van der Waals surface area contributed by atoms with Crippen molar-refractivity contribution in [3.8, 4) is 17.5 Å². The molecule has 0 N–H and O–H groups in total. The molecule has 0 atom stereocenters. The van der Waals surface area contributed by atoms with E-state index in [0.29, 0.717) is 30.7 Å². The van der Waals surface area contributed by atoms with Crippen LogP contribution in [0.4, 0.5) is 19.0 Å². The Morgan fingerprint density at radius 2 is 1.87 bits per heavy atom. The highest BCUT2D eigenvalue weighted by atomic mass is 35.5. The molecule has 0 radical (unpaired) electrons. The van der Waals surface area contributed by atoms with E-state index in [1.807, 2.05) is 28.6 Å². The van der Waals surface area contributed by atoms with Crippen molar-refractivity contribution in [1.29, 1.82) is 0 Å². The Balaban J connectivity index is 1.67. The minimum atomic E-state index is -4.79. The van der Waals surface area contributed by atoms with Gasteiger partial charge >= 0.3 is 12.4 Å². The fraction of sp³-hybridized carbons (Fsp3) is 0.250. The Morgan fingerprint density at radius 1 is 1.13 bits per heavy atom. The van der Waals surface area contributed by atoms with Crippen molar-refractivity contribution in [2.24, 2.45) is 0 Å². The van der Waals surface area contributed by atoms with Gasteiger partial charge in [-0.3, -0.25) is 4.57 Å². The molecule has 0 saturated heterocycles. The van der Waals surface area contributed by atoms with Crippen LogP contribution in [0.3, 0.4) is 0 Å². The summed E-state index contributed by atoms with van der Waals surface area (Å²) in [5.41, 5.74) is 1.75. The lowest BCUT2D eigenvalue weighted by Gasteiger charge is -2.24. The number of aromatic nitrogens is 2. The molecule has 10 heteroatoms. The Morgan fingerprint density at radius 3 is 2.60 bits per heavy atom. The normalized spacial score (nSPS) is 13.8. The predicted octanol–water partition coefficient (Wildman–Crippen LogP) is 5.20. The number of ether oxygens (including phenoxy) is 3. The van der Waals surface area contributed by atoms with E-state index in [9.17, 15) is 13.2 Å².